The second kappa shape index (κ2) is 3.61. The molecule has 0 aromatic heterocycles. The Labute approximate surface area is 82.9 Å². The third-order valence-electron chi connectivity index (χ3n) is 1.72. The molecule has 0 saturated carbocycles. The summed E-state index contributed by atoms with van der Waals surface area (Å²) in [6.07, 6.45) is 0. The van der Waals surface area contributed by atoms with E-state index in [1.165, 1.54) is 16.7 Å². The molecule has 0 saturated heterocycles. The quantitative estimate of drug-likeness (QED) is 0.411. The van der Waals surface area contributed by atoms with Crippen molar-refractivity contribution >= 4 is 30.4 Å². The van der Waals surface area contributed by atoms with E-state index in [1.807, 2.05) is 0 Å². The predicted octanol–water partition coefficient (Wildman–Crippen LogP) is 2.91. The largest absolute Gasteiger partial charge is 0.0907 e. The zero-order valence-electron chi connectivity index (χ0n) is 6.76. The fourth-order valence-corrected chi connectivity index (χ4v) is 1.83. The van der Waals surface area contributed by atoms with Crippen molar-refractivity contribution in [3.8, 4) is 0 Å². The molecule has 1 unspecified atom stereocenters. The van der Waals surface area contributed by atoms with Crippen LogP contribution in [0.2, 0.25) is 0 Å². The molecule has 0 nitrogen and oxygen atoms in total. The monoisotopic (exact) mass is 256 g/mol. The molecule has 0 spiro atoms. The van der Waals surface area contributed by atoms with Crippen molar-refractivity contribution in [2.24, 2.45) is 0 Å². The zero-order chi connectivity index (χ0) is 8.43. The number of rotatable bonds is 1. The van der Waals surface area contributed by atoms with Crippen LogP contribution in [0.1, 0.15) is 20.5 Å². The van der Waals surface area contributed by atoms with Gasteiger partial charge in [0.1, 0.15) is 0 Å². The average molecular weight is 256 g/mol. The highest BCUT2D eigenvalue weighted by molar-refractivity contribution is 14.1. The summed E-state index contributed by atoms with van der Waals surface area (Å²) in [5.41, 5.74) is 3.81. The Hall–Kier alpha value is 0.0149. The first kappa shape index (κ1) is 9.11. The van der Waals surface area contributed by atoms with Crippen LogP contribution in [-0.2, 0) is 0 Å². The Balaban J connectivity index is 3.09. The van der Waals surface area contributed by atoms with Crippen LogP contribution in [0.15, 0.2) is 18.2 Å². The maximum absolute atomic E-state index is 5.75. The Morgan fingerprint density at radius 1 is 1.36 bits per heavy atom. The van der Waals surface area contributed by atoms with Gasteiger partial charge >= 0.3 is 0 Å². The van der Waals surface area contributed by atoms with Gasteiger partial charge in [0.2, 0.25) is 0 Å². The molecule has 0 bridgehead atoms. The van der Waals surface area contributed by atoms with Gasteiger partial charge in [0.05, 0.1) is 7.85 Å². The van der Waals surface area contributed by atoms with Gasteiger partial charge in [0.25, 0.3) is 0 Å². The van der Waals surface area contributed by atoms with E-state index in [2.05, 4.69) is 54.6 Å². The fraction of sp³-hybridized carbons (Fsp3) is 0.333. The summed E-state index contributed by atoms with van der Waals surface area (Å²) in [4.78, 5) is 0. The lowest BCUT2D eigenvalue weighted by atomic mass is 9.92. The number of halogens is 1. The van der Waals surface area contributed by atoms with Crippen LogP contribution >= 0.6 is 22.6 Å². The molecule has 11 heavy (non-hydrogen) atoms. The van der Waals surface area contributed by atoms with Gasteiger partial charge < -0.3 is 0 Å². The molecular weight excluding hydrogens is 246 g/mol. The van der Waals surface area contributed by atoms with E-state index in [4.69, 9.17) is 7.85 Å². The van der Waals surface area contributed by atoms with Crippen molar-refractivity contribution in [1.29, 1.82) is 0 Å². The van der Waals surface area contributed by atoms with Crippen molar-refractivity contribution in [3.63, 3.8) is 0 Å². The Morgan fingerprint density at radius 2 is 2.00 bits per heavy atom. The van der Waals surface area contributed by atoms with E-state index in [-0.39, 0.29) is 3.82 Å². The van der Waals surface area contributed by atoms with Crippen LogP contribution in [0, 0.1) is 13.8 Å². The summed E-state index contributed by atoms with van der Waals surface area (Å²) >= 11 is 2.22. The maximum Gasteiger partial charge on any atom is 0.0907 e. The number of hydrogen-bond donors (Lipinski definition) is 0. The summed E-state index contributed by atoms with van der Waals surface area (Å²) in [6, 6.07) is 6.36. The van der Waals surface area contributed by atoms with Crippen molar-refractivity contribution in [3.05, 3.63) is 34.9 Å². The van der Waals surface area contributed by atoms with E-state index in [0.717, 1.165) is 0 Å². The maximum atomic E-state index is 5.75. The highest BCUT2D eigenvalue weighted by atomic mass is 127. The SMILES string of the molecule is [B]C(I)c1ccc(C)cc1C. The molecule has 0 aliphatic heterocycles. The van der Waals surface area contributed by atoms with Gasteiger partial charge in [0.15, 0.2) is 0 Å². The molecule has 1 aromatic carbocycles. The highest BCUT2D eigenvalue weighted by Crippen LogP contribution is 2.23. The summed E-state index contributed by atoms with van der Waals surface area (Å²) in [6.45, 7) is 4.19. The smallest absolute Gasteiger partial charge is 0.0882 e. The fourth-order valence-electron chi connectivity index (χ4n) is 1.14. The van der Waals surface area contributed by atoms with Crippen molar-refractivity contribution in [2.45, 2.75) is 17.7 Å². The van der Waals surface area contributed by atoms with Gasteiger partial charge in [-0.2, -0.15) is 0 Å². The molecule has 1 rings (SSSR count). The third kappa shape index (κ3) is 2.22. The summed E-state index contributed by atoms with van der Waals surface area (Å²) in [5.74, 6) is 0. The Morgan fingerprint density at radius 3 is 2.45 bits per heavy atom. The van der Waals surface area contributed by atoms with E-state index >= 15 is 0 Å². The standard InChI is InChI=1S/C9H10BI/c1-6-3-4-8(9(10)11)7(2)5-6/h3-5,9H,1-2H3. The van der Waals surface area contributed by atoms with Crippen molar-refractivity contribution in [2.75, 3.05) is 0 Å². The van der Waals surface area contributed by atoms with E-state index in [1.54, 1.807) is 0 Å². The second-order valence-corrected chi connectivity index (χ2v) is 4.10. The highest BCUT2D eigenvalue weighted by Gasteiger charge is 2.02. The first-order chi connectivity index (χ1) is 5.11. The Bertz CT molecular complexity index is 256. The lowest BCUT2D eigenvalue weighted by Gasteiger charge is -2.08. The van der Waals surface area contributed by atoms with Gasteiger partial charge in [-0.25, -0.2) is 0 Å². The lowest BCUT2D eigenvalue weighted by molar-refractivity contribution is 1.27. The van der Waals surface area contributed by atoms with Gasteiger partial charge in [-0.05, 0) is 28.8 Å². The van der Waals surface area contributed by atoms with Gasteiger partial charge in [-0.3, -0.25) is 0 Å². The van der Waals surface area contributed by atoms with Crippen LogP contribution in [0.3, 0.4) is 0 Å². The molecule has 1 atom stereocenters. The zero-order valence-corrected chi connectivity index (χ0v) is 8.92. The average Bonchev–Trinajstić information content (AvgIpc) is 1.85. The van der Waals surface area contributed by atoms with Crippen LogP contribution < -0.4 is 0 Å². The number of aryl methyl sites for hydroxylation is 2. The molecule has 2 heteroatoms. The topological polar surface area (TPSA) is 0 Å². The van der Waals surface area contributed by atoms with Gasteiger partial charge in [-0.15, -0.1) is 0 Å². The third-order valence-corrected chi connectivity index (χ3v) is 2.39. The summed E-state index contributed by atoms with van der Waals surface area (Å²) < 4.78 is 0.119. The van der Waals surface area contributed by atoms with E-state index in [9.17, 15) is 0 Å². The van der Waals surface area contributed by atoms with E-state index < -0.39 is 0 Å². The van der Waals surface area contributed by atoms with Crippen molar-refractivity contribution in [1.82, 2.24) is 0 Å². The normalized spacial score (nSPS) is 13.0. The summed E-state index contributed by atoms with van der Waals surface area (Å²) in [5, 5.41) is 0. The molecule has 1 aromatic rings. The number of alkyl halides is 1. The van der Waals surface area contributed by atoms with Crippen LogP contribution in [0.25, 0.3) is 0 Å². The molecule has 0 N–H and O–H groups in total. The second-order valence-electron chi connectivity index (χ2n) is 2.76. The molecule has 0 heterocycles. The van der Waals surface area contributed by atoms with Gasteiger partial charge in [0, 0.05) is 0 Å². The minimum atomic E-state index is 0.119. The molecule has 2 radical (unpaired) electrons. The molecule has 0 amide bonds. The molecular formula is C9H10BI. The first-order valence-corrected chi connectivity index (χ1v) is 4.82. The van der Waals surface area contributed by atoms with Crippen LogP contribution in [0.4, 0.5) is 0 Å². The minimum Gasteiger partial charge on any atom is -0.0882 e. The molecule has 0 fully saturated rings. The summed E-state index contributed by atoms with van der Waals surface area (Å²) in [7, 11) is 5.75. The minimum absolute atomic E-state index is 0.119. The number of hydrogen-bond acceptors (Lipinski definition) is 0. The van der Waals surface area contributed by atoms with Crippen LogP contribution in [-0.4, -0.2) is 7.85 Å². The molecule has 0 aliphatic rings. The lowest BCUT2D eigenvalue weighted by Crippen LogP contribution is -1.92. The molecule has 0 aliphatic carbocycles. The first-order valence-electron chi connectivity index (χ1n) is 3.58. The van der Waals surface area contributed by atoms with Crippen molar-refractivity contribution < 1.29 is 0 Å². The molecule has 56 valence electrons. The van der Waals surface area contributed by atoms with Gasteiger partial charge in [-0.1, -0.05) is 46.4 Å². The van der Waals surface area contributed by atoms with Crippen LogP contribution in [0.5, 0.6) is 0 Å². The number of benzene rings is 1. The predicted molar refractivity (Wildman–Crippen MR) is 58.4 cm³/mol. The van der Waals surface area contributed by atoms with E-state index in [0.29, 0.717) is 0 Å². The Kier molecular flexibility index (Phi) is 2.99.